The second kappa shape index (κ2) is 9.75. The first-order chi connectivity index (χ1) is 10.6. The standard InChI is InChI=1S/C17H26N4O.HI/c1-4-21(12-14-8-6-5-7-9-14)16(22)11-19-17(18-3)20-15-10-13(15)2;/h5-9,13,15H,4,10-12H2,1-3H3,(H2,18,19,20);1H. The number of halogens is 1. The predicted octanol–water partition coefficient (Wildman–Crippen LogP) is 2.23. The van der Waals surface area contributed by atoms with E-state index in [0.717, 1.165) is 5.56 Å². The number of guanidine groups is 1. The molecule has 1 amide bonds. The highest BCUT2D eigenvalue weighted by molar-refractivity contribution is 14.0. The molecule has 128 valence electrons. The first-order valence-corrected chi connectivity index (χ1v) is 7.93. The molecule has 2 N–H and O–H groups in total. The van der Waals surface area contributed by atoms with Crippen molar-refractivity contribution in [2.45, 2.75) is 32.9 Å². The molecular formula is C17H27IN4O. The van der Waals surface area contributed by atoms with E-state index in [2.05, 4.69) is 22.5 Å². The van der Waals surface area contributed by atoms with E-state index in [9.17, 15) is 4.79 Å². The van der Waals surface area contributed by atoms with Crippen LogP contribution in [0.4, 0.5) is 0 Å². The van der Waals surface area contributed by atoms with Crippen molar-refractivity contribution < 1.29 is 4.79 Å². The van der Waals surface area contributed by atoms with Gasteiger partial charge in [-0.15, -0.1) is 24.0 Å². The molecule has 2 unspecified atom stereocenters. The Morgan fingerprint density at radius 2 is 2.00 bits per heavy atom. The minimum absolute atomic E-state index is 0. The van der Waals surface area contributed by atoms with Gasteiger partial charge in [0.15, 0.2) is 5.96 Å². The van der Waals surface area contributed by atoms with Gasteiger partial charge < -0.3 is 15.5 Å². The molecule has 2 rings (SSSR count). The number of likely N-dealkylation sites (N-methyl/N-ethyl adjacent to an activating group) is 1. The van der Waals surface area contributed by atoms with E-state index in [1.807, 2.05) is 42.2 Å². The number of amides is 1. The number of hydrogen-bond acceptors (Lipinski definition) is 2. The van der Waals surface area contributed by atoms with E-state index in [1.165, 1.54) is 6.42 Å². The summed E-state index contributed by atoms with van der Waals surface area (Å²) in [5.74, 6) is 1.48. The zero-order valence-electron chi connectivity index (χ0n) is 14.1. The molecule has 2 atom stereocenters. The van der Waals surface area contributed by atoms with Crippen LogP contribution in [0.5, 0.6) is 0 Å². The molecule has 23 heavy (non-hydrogen) atoms. The van der Waals surface area contributed by atoms with E-state index >= 15 is 0 Å². The molecule has 0 heterocycles. The molecule has 6 heteroatoms. The zero-order valence-corrected chi connectivity index (χ0v) is 16.4. The van der Waals surface area contributed by atoms with Gasteiger partial charge in [-0.05, 0) is 24.8 Å². The molecule has 1 aliphatic rings. The van der Waals surface area contributed by atoms with Gasteiger partial charge in [0.2, 0.25) is 5.91 Å². The number of nitrogens with zero attached hydrogens (tertiary/aromatic N) is 2. The third-order valence-electron chi connectivity index (χ3n) is 4.01. The van der Waals surface area contributed by atoms with Crippen LogP contribution in [-0.2, 0) is 11.3 Å². The third-order valence-corrected chi connectivity index (χ3v) is 4.01. The smallest absolute Gasteiger partial charge is 0.242 e. The van der Waals surface area contributed by atoms with Crippen LogP contribution in [0.1, 0.15) is 25.8 Å². The Labute approximate surface area is 156 Å². The minimum Gasteiger partial charge on any atom is -0.353 e. The topological polar surface area (TPSA) is 56.7 Å². The predicted molar refractivity (Wildman–Crippen MR) is 105 cm³/mol. The van der Waals surface area contributed by atoms with Crippen molar-refractivity contribution >= 4 is 35.8 Å². The molecule has 0 radical (unpaired) electrons. The van der Waals surface area contributed by atoms with E-state index in [-0.39, 0.29) is 36.4 Å². The molecule has 0 bridgehead atoms. The summed E-state index contributed by atoms with van der Waals surface area (Å²) in [5.41, 5.74) is 1.15. The van der Waals surface area contributed by atoms with Crippen molar-refractivity contribution in [2.75, 3.05) is 20.1 Å². The van der Waals surface area contributed by atoms with Crippen LogP contribution in [0.25, 0.3) is 0 Å². The Bertz CT molecular complexity index is 521. The Balaban J connectivity index is 0.00000264. The number of carbonyl (C=O) groups excluding carboxylic acids is 1. The highest BCUT2D eigenvalue weighted by atomic mass is 127. The largest absolute Gasteiger partial charge is 0.353 e. The summed E-state index contributed by atoms with van der Waals surface area (Å²) in [4.78, 5) is 18.4. The van der Waals surface area contributed by atoms with Gasteiger partial charge in [-0.2, -0.15) is 0 Å². The summed E-state index contributed by atoms with van der Waals surface area (Å²) in [6.07, 6.45) is 1.17. The molecule has 0 spiro atoms. The molecular weight excluding hydrogens is 403 g/mol. The Morgan fingerprint density at radius 3 is 2.52 bits per heavy atom. The van der Waals surface area contributed by atoms with Gasteiger partial charge in [0.05, 0.1) is 6.54 Å². The Kier molecular flexibility index (Phi) is 8.36. The van der Waals surface area contributed by atoms with Crippen molar-refractivity contribution in [1.82, 2.24) is 15.5 Å². The average Bonchev–Trinajstić information content (AvgIpc) is 3.24. The first kappa shape index (κ1) is 19.7. The fourth-order valence-corrected chi connectivity index (χ4v) is 2.34. The van der Waals surface area contributed by atoms with Crippen LogP contribution < -0.4 is 10.6 Å². The Hall–Kier alpha value is -1.31. The van der Waals surface area contributed by atoms with Gasteiger partial charge in [-0.25, -0.2) is 0 Å². The fourth-order valence-electron chi connectivity index (χ4n) is 2.34. The number of nitrogens with one attached hydrogen (secondary N) is 2. The molecule has 5 nitrogen and oxygen atoms in total. The number of rotatable bonds is 6. The van der Waals surface area contributed by atoms with Gasteiger partial charge in [-0.1, -0.05) is 37.3 Å². The number of benzene rings is 1. The maximum atomic E-state index is 12.3. The molecule has 1 aliphatic carbocycles. The molecule has 1 saturated carbocycles. The molecule has 1 aromatic rings. The summed E-state index contributed by atoms with van der Waals surface area (Å²) >= 11 is 0. The number of carbonyl (C=O) groups is 1. The molecule has 0 aromatic heterocycles. The summed E-state index contributed by atoms with van der Waals surface area (Å²) in [6.45, 7) is 5.81. The lowest BCUT2D eigenvalue weighted by molar-refractivity contribution is -0.130. The lowest BCUT2D eigenvalue weighted by Gasteiger charge is -2.22. The highest BCUT2D eigenvalue weighted by Gasteiger charge is 2.33. The van der Waals surface area contributed by atoms with Crippen LogP contribution in [0.15, 0.2) is 35.3 Å². The monoisotopic (exact) mass is 430 g/mol. The molecule has 0 saturated heterocycles. The van der Waals surface area contributed by atoms with E-state index in [4.69, 9.17) is 0 Å². The quantitative estimate of drug-likeness (QED) is 0.414. The lowest BCUT2D eigenvalue weighted by atomic mass is 10.2. The lowest BCUT2D eigenvalue weighted by Crippen LogP contribution is -2.45. The van der Waals surface area contributed by atoms with E-state index in [0.29, 0.717) is 31.0 Å². The minimum atomic E-state index is 0. The van der Waals surface area contributed by atoms with Crippen LogP contribution in [-0.4, -0.2) is 42.9 Å². The van der Waals surface area contributed by atoms with Gasteiger partial charge in [-0.3, -0.25) is 9.79 Å². The van der Waals surface area contributed by atoms with E-state index in [1.54, 1.807) is 7.05 Å². The number of aliphatic imine (C=N–C) groups is 1. The van der Waals surface area contributed by atoms with E-state index < -0.39 is 0 Å². The maximum absolute atomic E-state index is 12.3. The summed E-state index contributed by atoms with van der Waals surface area (Å²) in [6, 6.07) is 10.5. The SMILES string of the molecule is CCN(Cc1ccccc1)C(=O)CNC(=NC)NC1CC1C.I. The van der Waals surface area contributed by atoms with Crippen LogP contribution in [0.2, 0.25) is 0 Å². The fraction of sp³-hybridized carbons (Fsp3) is 0.529. The second-order valence-electron chi connectivity index (χ2n) is 5.78. The average molecular weight is 430 g/mol. The summed E-state index contributed by atoms with van der Waals surface area (Å²) in [5, 5.41) is 6.43. The van der Waals surface area contributed by atoms with Crippen LogP contribution in [0, 0.1) is 5.92 Å². The highest BCUT2D eigenvalue weighted by Crippen LogP contribution is 2.28. The number of hydrogen-bond donors (Lipinski definition) is 2. The zero-order chi connectivity index (χ0) is 15.9. The van der Waals surface area contributed by atoms with Gasteiger partial charge in [0.1, 0.15) is 0 Å². The van der Waals surface area contributed by atoms with Crippen molar-refractivity contribution in [3.63, 3.8) is 0 Å². The summed E-state index contributed by atoms with van der Waals surface area (Å²) in [7, 11) is 1.73. The van der Waals surface area contributed by atoms with Crippen molar-refractivity contribution in [1.29, 1.82) is 0 Å². The molecule has 1 fully saturated rings. The first-order valence-electron chi connectivity index (χ1n) is 7.93. The molecule has 0 aliphatic heterocycles. The van der Waals surface area contributed by atoms with Crippen molar-refractivity contribution in [3.8, 4) is 0 Å². The van der Waals surface area contributed by atoms with Gasteiger partial charge in [0.25, 0.3) is 0 Å². The van der Waals surface area contributed by atoms with Gasteiger partial charge >= 0.3 is 0 Å². The van der Waals surface area contributed by atoms with Crippen molar-refractivity contribution in [2.24, 2.45) is 10.9 Å². The molecule has 1 aromatic carbocycles. The van der Waals surface area contributed by atoms with Crippen LogP contribution >= 0.6 is 24.0 Å². The van der Waals surface area contributed by atoms with Gasteiger partial charge in [0, 0.05) is 26.2 Å². The van der Waals surface area contributed by atoms with Crippen LogP contribution in [0.3, 0.4) is 0 Å². The second-order valence-corrected chi connectivity index (χ2v) is 5.78. The normalized spacial score (nSPS) is 19.5. The third kappa shape index (κ3) is 6.37. The van der Waals surface area contributed by atoms with Crippen molar-refractivity contribution in [3.05, 3.63) is 35.9 Å². The maximum Gasteiger partial charge on any atom is 0.242 e. The Morgan fingerprint density at radius 1 is 1.35 bits per heavy atom. The summed E-state index contributed by atoms with van der Waals surface area (Å²) < 4.78 is 0.